The highest BCUT2D eigenvalue weighted by Gasteiger charge is 2.16. The van der Waals surface area contributed by atoms with Crippen molar-refractivity contribution in [2.45, 2.75) is 13.0 Å². The van der Waals surface area contributed by atoms with E-state index in [0.717, 1.165) is 12.1 Å². The molecule has 5 heteroatoms. The van der Waals surface area contributed by atoms with Gasteiger partial charge >= 0.3 is 0 Å². The van der Waals surface area contributed by atoms with Gasteiger partial charge in [0.25, 0.3) is 0 Å². The van der Waals surface area contributed by atoms with Gasteiger partial charge in [-0.3, -0.25) is 4.79 Å². The van der Waals surface area contributed by atoms with E-state index in [1.165, 1.54) is 18.9 Å². The second kappa shape index (κ2) is 5.03. The number of aliphatic hydroxyl groups is 1. The molecule has 0 aliphatic heterocycles. The van der Waals surface area contributed by atoms with E-state index < -0.39 is 17.7 Å². The first-order valence-electron chi connectivity index (χ1n) is 4.79. The van der Waals surface area contributed by atoms with Crippen LogP contribution in [0.25, 0.3) is 0 Å². The lowest BCUT2D eigenvalue weighted by molar-refractivity contribution is 0.112. The molecule has 0 fully saturated rings. The maximum atomic E-state index is 13.5. The van der Waals surface area contributed by atoms with Crippen molar-refractivity contribution in [2.24, 2.45) is 0 Å². The molecule has 0 spiro atoms. The van der Waals surface area contributed by atoms with Crippen molar-refractivity contribution in [1.29, 1.82) is 0 Å². The Kier molecular flexibility index (Phi) is 3.95. The summed E-state index contributed by atoms with van der Waals surface area (Å²) in [7, 11) is 1.47. The molecule has 0 heterocycles. The SMILES string of the molecule is CC(O)CN(C)c1c(F)cc(C=O)cc1F. The predicted molar refractivity (Wildman–Crippen MR) is 56.7 cm³/mol. The molecule has 1 rings (SSSR count). The number of anilines is 1. The van der Waals surface area contributed by atoms with E-state index in [0.29, 0.717) is 6.29 Å². The van der Waals surface area contributed by atoms with Gasteiger partial charge in [0.15, 0.2) is 0 Å². The first kappa shape index (κ1) is 12.6. The van der Waals surface area contributed by atoms with E-state index in [1.54, 1.807) is 0 Å². The Balaban J connectivity index is 3.08. The summed E-state index contributed by atoms with van der Waals surface area (Å²) in [5.74, 6) is -1.63. The van der Waals surface area contributed by atoms with Crippen LogP contribution in [-0.4, -0.2) is 31.1 Å². The summed E-state index contributed by atoms with van der Waals surface area (Å²) < 4.78 is 27.0. The Morgan fingerprint density at radius 2 is 1.94 bits per heavy atom. The first-order valence-corrected chi connectivity index (χ1v) is 4.79. The van der Waals surface area contributed by atoms with Gasteiger partial charge in [-0.25, -0.2) is 8.78 Å². The Hall–Kier alpha value is -1.49. The lowest BCUT2D eigenvalue weighted by Gasteiger charge is -2.22. The highest BCUT2D eigenvalue weighted by Crippen LogP contribution is 2.23. The molecule has 0 radical (unpaired) electrons. The largest absolute Gasteiger partial charge is 0.392 e. The third-order valence-corrected chi connectivity index (χ3v) is 2.10. The standard InChI is InChI=1S/C11H13F2NO2/c1-7(16)5-14(2)11-9(12)3-8(6-15)4-10(11)13/h3-4,6-7,16H,5H2,1-2H3. The van der Waals surface area contributed by atoms with Gasteiger partial charge in [-0.15, -0.1) is 0 Å². The molecule has 0 saturated carbocycles. The third-order valence-electron chi connectivity index (χ3n) is 2.10. The van der Waals surface area contributed by atoms with Crippen LogP contribution in [0.2, 0.25) is 0 Å². The van der Waals surface area contributed by atoms with Gasteiger partial charge in [0.1, 0.15) is 23.6 Å². The Morgan fingerprint density at radius 3 is 2.31 bits per heavy atom. The molecular formula is C11H13F2NO2. The molecule has 0 aliphatic rings. The van der Waals surface area contributed by atoms with Crippen LogP contribution in [-0.2, 0) is 0 Å². The van der Waals surface area contributed by atoms with Gasteiger partial charge in [0, 0.05) is 19.2 Å². The summed E-state index contributed by atoms with van der Waals surface area (Å²) in [6, 6.07) is 1.92. The molecule has 1 atom stereocenters. The number of benzene rings is 1. The predicted octanol–water partition coefficient (Wildman–Crippen LogP) is 1.59. The summed E-state index contributed by atoms with van der Waals surface area (Å²) in [5.41, 5.74) is -0.296. The molecule has 1 aromatic carbocycles. The van der Waals surface area contributed by atoms with Crippen molar-refractivity contribution < 1.29 is 18.7 Å². The van der Waals surface area contributed by atoms with Crippen molar-refractivity contribution >= 4 is 12.0 Å². The van der Waals surface area contributed by atoms with E-state index >= 15 is 0 Å². The second-order valence-corrected chi connectivity index (χ2v) is 3.68. The maximum Gasteiger partial charge on any atom is 0.150 e. The monoisotopic (exact) mass is 229 g/mol. The number of carbonyl (C=O) groups is 1. The smallest absolute Gasteiger partial charge is 0.150 e. The summed E-state index contributed by atoms with van der Waals surface area (Å²) in [5, 5.41) is 9.12. The number of nitrogens with zero attached hydrogens (tertiary/aromatic N) is 1. The van der Waals surface area contributed by atoms with Crippen molar-refractivity contribution in [3.05, 3.63) is 29.3 Å². The number of likely N-dealkylation sites (N-methyl/N-ethyl adjacent to an activating group) is 1. The fraction of sp³-hybridized carbons (Fsp3) is 0.364. The van der Waals surface area contributed by atoms with E-state index in [2.05, 4.69) is 0 Å². The van der Waals surface area contributed by atoms with E-state index in [-0.39, 0.29) is 17.8 Å². The van der Waals surface area contributed by atoms with Crippen LogP contribution in [0, 0.1) is 11.6 Å². The molecule has 0 aliphatic carbocycles. The zero-order valence-corrected chi connectivity index (χ0v) is 9.08. The highest BCUT2D eigenvalue weighted by molar-refractivity contribution is 5.76. The van der Waals surface area contributed by atoms with Crippen molar-refractivity contribution in [2.75, 3.05) is 18.5 Å². The topological polar surface area (TPSA) is 40.5 Å². The molecule has 0 amide bonds. The minimum Gasteiger partial charge on any atom is -0.392 e. The number of rotatable bonds is 4. The summed E-state index contributed by atoms with van der Waals surface area (Å²) in [6.07, 6.45) is -0.320. The van der Waals surface area contributed by atoms with Crippen LogP contribution < -0.4 is 4.90 Å². The average Bonchev–Trinajstić information content (AvgIpc) is 2.15. The Morgan fingerprint density at radius 1 is 1.44 bits per heavy atom. The van der Waals surface area contributed by atoms with Crippen molar-refractivity contribution in [3.8, 4) is 0 Å². The van der Waals surface area contributed by atoms with Crippen LogP contribution >= 0.6 is 0 Å². The molecular weight excluding hydrogens is 216 g/mol. The Bertz CT molecular complexity index is 371. The second-order valence-electron chi connectivity index (χ2n) is 3.68. The van der Waals surface area contributed by atoms with Gasteiger partial charge in [0.05, 0.1) is 6.10 Å². The molecule has 0 bridgehead atoms. The third kappa shape index (κ3) is 2.76. The quantitative estimate of drug-likeness (QED) is 0.797. The number of aliphatic hydroxyl groups excluding tert-OH is 1. The minimum atomic E-state index is -0.815. The molecule has 16 heavy (non-hydrogen) atoms. The zero-order chi connectivity index (χ0) is 12.3. The maximum absolute atomic E-state index is 13.5. The van der Waals surface area contributed by atoms with Crippen LogP contribution in [0.1, 0.15) is 17.3 Å². The van der Waals surface area contributed by atoms with Gasteiger partial charge in [-0.1, -0.05) is 0 Å². The molecule has 0 aromatic heterocycles. The number of aldehydes is 1. The van der Waals surface area contributed by atoms with E-state index in [9.17, 15) is 13.6 Å². The zero-order valence-electron chi connectivity index (χ0n) is 9.08. The van der Waals surface area contributed by atoms with Gasteiger partial charge in [-0.05, 0) is 19.1 Å². The molecule has 1 N–H and O–H groups in total. The van der Waals surface area contributed by atoms with Crippen LogP contribution in [0.15, 0.2) is 12.1 Å². The van der Waals surface area contributed by atoms with Crippen molar-refractivity contribution in [3.63, 3.8) is 0 Å². The van der Waals surface area contributed by atoms with E-state index in [4.69, 9.17) is 5.11 Å². The minimum absolute atomic E-state index is 0.0517. The first-order chi connectivity index (χ1) is 7.45. The number of halogens is 2. The van der Waals surface area contributed by atoms with E-state index in [1.807, 2.05) is 0 Å². The summed E-state index contributed by atoms with van der Waals surface area (Å²) in [4.78, 5) is 11.7. The Labute approximate surface area is 92.3 Å². The van der Waals surface area contributed by atoms with Crippen LogP contribution in [0.5, 0.6) is 0 Å². The average molecular weight is 229 g/mol. The number of hydrogen-bond acceptors (Lipinski definition) is 3. The lowest BCUT2D eigenvalue weighted by atomic mass is 10.2. The normalized spacial score (nSPS) is 12.3. The summed E-state index contributed by atoms with van der Waals surface area (Å²) in [6.45, 7) is 1.63. The number of carbonyl (C=O) groups excluding carboxylic acids is 1. The fourth-order valence-electron chi connectivity index (χ4n) is 1.51. The number of hydrogen-bond donors (Lipinski definition) is 1. The highest BCUT2D eigenvalue weighted by atomic mass is 19.1. The van der Waals surface area contributed by atoms with Gasteiger partial charge in [0.2, 0.25) is 0 Å². The van der Waals surface area contributed by atoms with Crippen LogP contribution in [0.3, 0.4) is 0 Å². The molecule has 3 nitrogen and oxygen atoms in total. The molecule has 1 unspecified atom stereocenters. The molecule has 1 aromatic rings. The molecule has 88 valence electrons. The van der Waals surface area contributed by atoms with Crippen molar-refractivity contribution in [1.82, 2.24) is 0 Å². The van der Waals surface area contributed by atoms with Gasteiger partial charge in [-0.2, -0.15) is 0 Å². The molecule has 0 saturated heterocycles. The fourth-order valence-corrected chi connectivity index (χ4v) is 1.51. The van der Waals surface area contributed by atoms with Gasteiger partial charge < -0.3 is 10.0 Å². The lowest BCUT2D eigenvalue weighted by Crippen LogP contribution is -2.28. The van der Waals surface area contributed by atoms with Crippen LogP contribution in [0.4, 0.5) is 14.5 Å². The summed E-state index contributed by atoms with van der Waals surface area (Å²) >= 11 is 0.